The van der Waals surface area contributed by atoms with Crippen LogP contribution in [0.1, 0.15) is 29.9 Å². The largest absolute Gasteiger partial charge is 0.397 e. The number of hydrogen-bond acceptors (Lipinski definition) is 6. The Kier molecular flexibility index (Phi) is 4.39. The molecule has 1 aromatic heterocycles. The molecular formula is C13H20N2O3S2. The number of Topliss-reactive ketones (excluding diaryl/α,β-unsaturated/α-hetero) is 1. The van der Waals surface area contributed by atoms with Gasteiger partial charge in [0.15, 0.2) is 15.6 Å². The van der Waals surface area contributed by atoms with E-state index in [2.05, 4.69) is 0 Å². The maximum atomic E-state index is 12.0. The van der Waals surface area contributed by atoms with Gasteiger partial charge in [0.25, 0.3) is 0 Å². The Morgan fingerprint density at radius 3 is 2.70 bits per heavy atom. The van der Waals surface area contributed by atoms with Crippen LogP contribution in [0.25, 0.3) is 0 Å². The summed E-state index contributed by atoms with van der Waals surface area (Å²) in [5.41, 5.74) is 6.42. The second-order valence-corrected chi connectivity index (χ2v) is 8.71. The van der Waals surface area contributed by atoms with Gasteiger partial charge in [0.1, 0.15) is 0 Å². The quantitative estimate of drug-likeness (QED) is 0.860. The Labute approximate surface area is 123 Å². The number of rotatable bonds is 3. The number of carbonyl (C=O) groups excluding carboxylic acids is 1. The summed E-state index contributed by atoms with van der Waals surface area (Å²) < 4.78 is 23.2. The van der Waals surface area contributed by atoms with E-state index in [1.165, 1.54) is 11.3 Å². The molecule has 1 aliphatic heterocycles. The zero-order valence-electron chi connectivity index (χ0n) is 11.8. The molecule has 1 fully saturated rings. The molecule has 2 heterocycles. The molecule has 0 atom stereocenters. The summed E-state index contributed by atoms with van der Waals surface area (Å²) in [4.78, 5) is 14.7. The number of carbonyl (C=O) groups is 1. The van der Waals surface area contributed by atoms with Crippen molar-refractivity contribution in [3.63, 3.8) is 0 Å². The van der Waals surface area contributed by atoms with Crippen molar-refractivity contribution < 1.29 is 13.2 Å². The van der Waals surface area contributed by atoms with Crippen molar-refractivity contribution in [2.75, 3.05) is 35.2 Å². The highest BCUT2D eigenvalue weighted by molar-refractivity contribution is 7.91. The van der Waals surface area contributed by atoms with Gasteiger partial charge in [-0.05, 0) is 12.5 Å². The minimum absolute atomic E-state index is 0.0428. The molecule has 20 heavy (non-hydrogen) atoms. The Balaban J connectivity index is 2.22. The van der Waals surface area contributed by atoms with Gasteiger partial charge in [-0.2, -0.15) is 0 Å². The fourth-order valence-corrected chi connectivity index (χ4v) is 4.65. The standard InChI is InChI=1S/C13H20N2O3S2/c1-9(2)12(16)13-10(14)8-11(19-13)15-4-3-6-20(17,18)7-5-15/h8-9H,3-7,14H2,1-2H3. The smallest absolute Gasteiger partial charge is 0.177 e. The van der Waals surface area contributed by atoms with E-state index < -0.39 is 9.84 Å². The van der Waals surface area contributed by atoms with Crippen LogP contribution >= 0.6 is 11.3 Å². The zero-order chi connectivity index (χ0) is 14.9. The molecule has 0 amide bonds. The third-order valence-corrected chi connectivity index (χ3v) is 6.30. The van der Waals surface area contributed by atoms with Crippen LogP contribution < -0.4 is 10.6 Å². The molecule has 2 N–H and O–H groups in total. The Hall–Kier alpha value is -1.08. The van der Waals surface area contributed by atoms with Gasteiger partial charge in [-0.1, -0.05) is 13.8 Å². The monoisotopic (exact) mass is 316 g/mol. The maximum Gasteiger partial charge on any atom is 0.177 e. The van der Waals surface area contributed by atoms with E-state index >= 15 is 0 Å². The van der Waals surface area contributed by atoms with Crippen molar-refractivity contribution in [1.29, 1.82) is 0 Å². The lowest BCUT2D eigenvalue weighted by atomic mass is 10.1. The number of sulfone groups is 1. The van der Waals surface area contributed by atoms with Crippen LogP contribution in [-0.4, -0.2) is 38.8 Å². The van der Waals surface area contributed by atoms with Gasteiger partial charge in [0.05, 0.1) is 27.1 Å². The highest BCUT2D eigenvalue weighted by Gasteiger charge is 2.23. The topological polar surface area (TPSA) is 80.5 Å². The van der Waals surface area contributed by atoms with Gasteiger partial charge in [-0.3, -0.25) is 4.79 Å². The predicted octanol–water partition coefficient (Wildman–Crippen LogP) is 1.79. The molecule has 1 aliphatic rings. The molecule has 0 radical (unpaired) electrons. The summed E-state index contributed by atoms with van der Waals surface area (Å²) in [6.45, 7) is 4.85. The van der Waals surface area contributed by atoms with E-state index in [-0.39, 0.29) is 23.2 Å². The first-order valence-corrected chi connectivity index (χ1v) is 9.33. The Morgan fingerprint density at radius 2 is 2.05 bits per heavy atom. The van der Waals surface area contributed by atoms with Gasteiger partial charge in [-0.15, -0.1) is 11.3 Å². The van der Waals surface area contributed by atoms with Gasteiger partial charge in [-0.25, -0.2) is 8.42 Å². The average molecular weight is 316 g/mol. The van der Waals surface area contributed by atoms with Gasteiger partial charge < -0.3 is 10.6 Å². The lowest BCUT2D eigenvalue weighted by molar-refractivity contribution is 0.0944. The second-order valence-electron chi connectivity index (χ2n) is 5.38. The van der Waals surface area contributed by atoms with Crippen LogP contribution in [0.15, 0.2) is 6.07 Å². The first-order chi connectivity index (χ1) is 9.30. The molecule has 1 aromatic rings. The van der Waals surface area contributed by atoms with Crippen molar-refractivity contribution in [2.45, 2.75) is 20.3 Å². The summed E-state index contributed by atoms with van der Waals surface area (Å²) in [6, 6.07) is 1.79. The number of nitrogen functional groups attached to an aromatic ring is 1. The van der Waals surface area contributed by atoms with Crippen molar-refractivity contribution in [1.82, 2.24) is 0 Å². The number of anilines is 2. The van der Waals surface area contributed by atoms with E-state index in [0.717, 1.165) is 5.00 Å². The van der Waals surface area contributed by atoms with Crippen LogP contribution in [0, 0.1) is 5.92 Å². The number of thiophene rings is 1. The second kappa shape index (κ2) is 5.73. The summed E-state index contributed by atoms with van der Waals surface area (Å²) in [7, 11) is -2.93. The Bertz CT molecular complexity index is 605. The highest BCUT2D eigenvalue weighted by atomic mass is 32.2. The lowest BCUT2D eigenvalue weighted by Crippen LogP contribution is -2.25. The molecule has 112 valence electrons. The minimum atomic E-state index is -2.93. The van der Waals surface area contributed by atoms with E-state index in [9.17, 15) is 13.2 Å². The van der Waals surface area contributed by atoms with Crippen LogP contribution in [-0.2, 0) is 9.84 Å². The summed E-state index contributed by atoms with van der Waals surface area (Å²) in [6.07, 6.45) is 0.619. The van der Waals surface area contributed by atoms with Gasteiger partial charge in [0, 0.05) is 19.0 Å². The van der Waals surface area contributed by atoms with E-state index in [0.29, 0.717) is 30.1 Å². The van der Waals surface area contributed by atoms with Crippen LogP contribution in [0.4, 0.5) is 10.7 Å². The van der Waals surface area contributed by atoms with Crippen molar-refractivity contribution in [2.24, 2.45) is 5.92 Å². The van der Waals surface area contributed by atoms with Crippen molar-refractivity contribution in [3.05, 3.63) is 10.9 Å². The average Bonchev–Trinajstić information content (AvgIpc) is 2.64. The minimum Gasteiger partial charge on any atom is -0.397 e. The maximum absolute atomic E-state index is 12.0. The Morgan fingerprint density at radius 1 is 1.35 bits per heavy atom. The molecule has 0 spiro atoms. The molecule has 0 aliphatic carbocycles. The molecule has 2 rings (SSSR count). The van der Waals surface area contributed by atoms with Gasteiger partial charge >= 0.3 is 0 Å². The third kappa shape index (κ3) is 3.32. The van der Waals surface area contributed by atoms with E-state index in [1.807, 2.05) is 18.7 Å². The lowest BCUT2D eigenvalue weighted by Gasteiger charge is -2.19. The number of ketones is 1. The molecular weight excluding hydrogens is 296 g/mol. The van der Waals surface area contributed by atoms with Crippen LogP contribution in [0.3, 0.4) is 0 Å². The van der Waals surface area contributed by atoms with Gasteiger partial charge in [0.2, 0.25) is 0 Å². The molecule has 1 saturated heterocycles. The summed E-state index contributed by atoms with van der Waals surface area (Å²) >= 11 is 1.37. The molecule has 7 heteroatoms. The van der Waals surface area contributed by atoms with E-state index in [4.69, 9.17) is 5.73 Å². The SMILES string of the molecule is CC(C)C(=O)c1sc(N2CCCS(=O)(=O)CC2)cc1N. The summed E-state index contributed by atoms with van der Waals surface area (Å²) in [5, 5.41) is 0.892. The van der Waals surface area contributed by atoms with Crippen molar-refractivity contribution in [3.8, 4) is 0 Å². The number of nitrogens with zero attached hydrogens (tertiary/aromatic N) is 1. The van der Waals surface area contributed by atoms with E-state index in [1.54, 1.807) is 6.07 Å². The van der Waals surface area contributed by atoms with Crippen LogP contribution in [0.5, 0.6) is 0 Å². The highest BCUT2D eigenvalue weighted by Crippen LogP contribution is 2.34. The number of hydrogen-bond donors (Lipinski definition) is 1. The molecule has 0 aromatic carbocycles. The third-order valence-electron chi connectivity index (χ3n) is 3.36. The fourth-order valence-electron chi connectivity index (χ4n) is 2.16. The first kappa shape index (κ1) is 15.3. The number of nitrogens with two attached hydrogens (primary N) is 1. The van der Waals surface area contributed by atoms with Crippen LogP contribution in [0.2, 0.25) is 0 Å². The normalized spacial score (nSPS) is 19.1. The molecule has 0 bridgehead atoms. The fraction of sp³-hybridized carbons (Fsp3) is 0.615. The first-order valence-electron chi connectivity index (χ1n) is 6.69. The predicted molar refractivity (Wildman–Crippen MR) is 83.4 cm³/mol. The molecule has 0 saturated carbocycles. The zero-order valence-corrected chi connectivity index (χ0v) is 13.4. The van der Waals surface area contributed by atoms with Crippen molar-refractivity contribution >= 4 is 37.6 Å². The molecule has 0 unspecified atom stereocenters. The summed E-state index contributed by atoms with van der Waals surface area (Å²) in [5.74, 6) is 0.356. The molecule has 5 nitrogen and oxygen atoms in total.